The molecule has 3 aliphatic heterocycles. The second kappa shape index (κ2) is 11.8. The number of anilines is 1. The van der Waals surface area contributed by atoms with E-state index in [0.717, 1.165) is 49.8 Å². The molecule has 2 fully saturated rings. The second-order valence-corrected chi connectivity index (χ2v) is 10.0. The maximum Gasteiger partial charge on any atom is 0.243 e. The van der Waals surface area contributed by atoms with E-state index in [1.165, 1.54) is 11.8 Å². The molecule has 0 bridgehead atoms. The Hall–Kier alpha value is -3.96. The Balaban J connectivity index is 1.11. The van der Waals surface area contributed by atoms with Crippen molar-refractivity contribution in [3.8, 4) is 11.5 Å². The number of hydrogen-bond donors (Lipinski definition) is 2. The highest BCUT2D eigenvalue weighted by atomic mass is 16.7. The fraction of sp³-hybridized carbons (Fsp3) is 0.429. The van der Waals surface area contributed by atoms with Crippen molar-refractivity contribution in [3.63, 3.8) is 0 Å². The SMILES string of the molecule is CC(=O)c1ccc(NC(=O)CC2C(=O)NCCN2C(=O)CN2CCN(Cc3ccc4c(c3)OCO4)CC2)cc1. The standard InChI is InChI=1S/C28H33N5O6/c1-19(34)21-3-5-22(6-4-21)30-26(35)15-23-28(37)29-8-9-33(23)27(36)17-32-12-10-31(11-13-32)16-20-2-7-24-25(14-20)39-18-38-24/h2-7,14,23H,8-13,15-18H2,1H3,(H,29,37)(H,30,35). The number of carbonyl (C=O) groups is 4. The van der Waals surface area contributed by atoms with Gasteiger partial charge in [-0.05, 0) is 48.9 Å². The van der Waals surface area contributed by atoms with Gasteiger partial charge in [-0.3, -0.25) is 29.0 Å². The molecule has 11 heteroatoms. The first-order chi connectivity index (χ1) is 18.9. The summed E-state index contributed by atoms with van der Waals surface area (Å²) >= 11 is 0. The van der Waals surface area contributed by atoms with Gasteiger partial charge in [0, 0.05) is 57.1 Å². The van der Waals surface area contributed by atoms with Crippen LogP contribution in [0.2, 0.25) is 0 Å². The molecule has 0 aromatic heterocycles. The molecular weight excluding hydrogens is 502 g/mol. The average Bonchev–Trinajstić information content (AvgIpc) is 3.39. The van der Waals surface area contributed by atoms with E-state index in [4.69, 9.17) is 9.47 Å². The number of ketones is 1. The molecule has 206 valence electrons. The maximum absolute atomic E-state index is 13.2. The Morgan fingerprint density at radius 3 is 2.41 bits per heavy atom. The first kappa shape index (κ1) is 26.6. The summed E-state index contributed by atoms with van der Waals surface area (Å²) in [7, 11) is 0. The van der Waals surface area contributed by atoms with Crippen LogP contribution in [0.3, 0.4) is 0 Å². The highest BCUT2D eigenvalue weighted by Crippen LogP contribution is 2.32. The zero-order valence-corrected chi connectivity index (χ0v) is 22.0. The monoisotopic (exact) mass is 535 g/mol. The van der Waals surface area contributed by atoms with Gasteiger partial charge in [0.1, 0.15) is 6.04 Å². The van der Waals surface area contributed by atoms with Crippen LogP contribution in [0.15, 0.2) is 42.5 Å². The molecule has 1 atom stereocenters. The molecule has 1 unspecified atom stereocenters. The number of fused-ring (bicyclic) bond motifs is 1. The van der Waals surface area contributed by atoms with E-state index >= 15 is 0 Å². The lowest BCUT2D eigenvalue weighted by molar-refractivity contribution is -0.145. The molecule has 0 saturated carbocycles. The molecule has 39 heavy (non-hydrogen) atoms. The quantitative estimate of drug-likeness (QED) is 0.482. The number of benzene rings is 2. The Kier molecular flexibility index (Phi) is 8.08. The number of ether oxygens (including phenoxy) is 2. The highest BCUT2D eigenvalue weighted by molar-refractivity contribution is 5.98. The van der Waals surface area contributed by atoms with E-state index in [2.05, 4.69) is 20.4 Å². The summed E-state index contributed by atoms with van der Waals surface area (Å²) in [5.41, 5.74) is 2.22. The smallest absolute Gasteiger partial charge is 0.243 e. The van der Waals surface area contributed by atoms with Crippen LogP contribution >= 0.6 is 0 Å². The molecule has 0 aliphatic carbocycles. The van der Waals surface area contributed by atoms with Crippen molar-refractivity contribution in [2.24, 2.45) is 0 Å². The third kappa shape index (κ3) is 6.55. The first-order valence-electron chi connectivity index (χ1n) is 13.2. The minimum absolute atomic E-state index is 0.0629. The van der Waals surface area contributed by atoms with Gasteiger partial charge in [-0.1, -0.05) is 6.07 Å². The van der Waals surface area contributed by atoms with Crippen LogP contribution in [-0.4, -0.2) is 96.9 Å². The topological polar surface area (TPSA) is 121 Å². The lowest BCUT2D eigenvalue weighted by Crippen LogP contribution is -2.60. The third-order valence-corrected chi connectivity index (χ3v) is 7.27. The van der Waals surface area contributed by atoms with Gasteiger partial charge in [-0.15, -0.1) is 0 Å². The number of rotatable bonds is 8. The molecule has 0 radical (unpaired) electrons. The molecule has 2 N–H and O–H groups in total. The van der Waals surface area contributed by atoms with E-state index < -0.39 is 6.04 Å². The molecule has 3 heterocycles. The van der Waals surface area contributed by atoms with Crippen molar-refractivity contribution in [3.05, 3.63) is 53.6 Å². The Labute approximate surface area is 227 Å². The third-order valence-electron chi connectivity index (χ3n) is 7.27. The van der Waals surface area contributed by atoms with Crippen molar-refractivity contribution in [1.82, 2.24) is 20.0 Å². The van der Waals surface area contributed by atoms with Crippen LogP contribution in [0.5, 0.6) is 11.5 Å². The van der Waals surface area contributed by atoms with Crippen molar-refractivity contribution in [2.45, 2.75) is 25.9 Å². The zero-order valence-electron chi connectivity index (χ0n) is 22.0. The largest absolute Gasteiger partial charge is 0.454 e. The fourth-order valence-electron chi connectivity index (χ4n) is 5.08. The first-order valence-corrected chi connectivity index (χ1v) is 13.2. The molecule has 11 nitrogen and oxygen atoms in total. The Bertz CT molecular complexity index is 1240. The van der Waals surface area contributed by atoms with Gasteiger partial charge in [-0.2, -0.15) is 0 Å². The zero-order chi connectivity index (χ0) is 27.4. The average molecular weight is 536 g/mol. The van der Waals surface area contributed by atoms with Crippen LogP contribution in [-0.2, 0) is 20.9 Å². The summed E-state index contributed by atoms with van der Waals surface area (Å²) in [5, 5.41) is 5.52. The summed E-state index contributed by atoms with van der Waals surface area (Å²) in [6, 6.07) is 11.7. The molecule has 2 saturated heterocycles. The summed E-state index contributed by atoms with van der Waals surface area (Å²) in [4.78, 5) is 56.0. The van der Waals surface area contributed by atoms with Crippen LogP contribution in [0.1, 0.15) is 29.3 Å². The van der Waals surface area contributed by atoms with Gasteiger partial charge < -0.3 is 25.0 Å². The van der Waals surface area contributed by atoms with Crippen molar-refractivity contribution < 1.29 is 28.7 Å². The molecule has 2 aromatic rings. The number of piperazine rings is 2. The van der Waals surface area contributed by atoms with Crippen LogP contribution in [0.4, 0.5) is 5.69 Å². The number of nitrogens with one attached hydrogen (secondary N) is 2. The highest BCUT2D eigenvalue weighted by Gasteiger charge is 2.35. The van der Waals surface area contributed by atoms with Gasteiger partial charge in [0.25, 0.3) is 0 Å². The van der Waals surface area contributed by atoms with E-state index in [1.807, 2.05) is 18.2 Å². The van der Waals surface area contributed by atoms with Gasteiger partial charge in [0.05, 0.1) is 13.0 Å². The summed E-state index contributed by atoms with van der Waals surface area (Å²) in [5.74, 6) is 0.626. The minimum atomic E-state index is -0.866. The molecule has 0 spiro atoms. The lowest BCUT2D eigenvalue weighted by atomic mass is 10.1. The number of hydrogen-bond acceptors (Lipinski definition) is 8. The van der Waals surface area contributed by atoms with E-state index in [1.54, 1.807) is 24.3 Å². The van der Waals surface area contributed by atoms with Crippen LogP contribution < -0.4 is 20.1 Å². The molecular formula is C28H33N5O6. The van der Waals surface area contributed by atoms with Crippen molar-refractivity contribution in [2.75, 3.05) is 57.9 Å². The predicted octanol–water partition coefficient (Wildman–Crippen LogP) is 1.09. The molecule has 2 aromatic carbocycles. The normalized spacial score (nSPS) is 19.5. The van der Waals surface area contributed by atoms with E-state index in [-0.39, 0.29) is 43.3 Å². The Morgan fingerprint density at radius 2 is 1.67 bits per heavy atom. The summed E-state index contributed by atoms with van der Waals surface area (Å²) in [6.45, 7) is 6.55. The number of nitrogens with zero attached hydrogens (tertiary/aromatic N) is 3. The van der Waals surface area contributed by atoms with Crippen LogP contribution in [0, 0.1) is 0 Å². The van der Waals surface area contributed by atoms with Gasteiger partial charge >= 0.3 is 0 Å². The van der Waals surface area contributed by atoms with Gasteiger partial charge in [-0.25, -0.2) is 0 Å². The molecule has 3 aliphatic rings. The van der Waals surface area contributed by atoms with Crippen LogP contribution in [0.25, 0.3) is 0 Å². The maximum atomic E-state index is 13.2. The summed E-state index contributed by atoms with van der Waals surface area (Å²) in [6.07, 6.45) is -0.144. The molecule has 5 rings (SSSR count). The number of carbonyl (C=O) groups excluding carboxylic acids is 4. The Morgan fingerprint density at radius 1 is 0.949 bits per heavy atom. The molecule has 3 amide bonds. The van der Waals surface area contributed by atoms with Crippen molar-refractivity contribution in [1.29, 1.82) is 0 Å². The minimum Gasteiger partial charge on any atom is -0.454 e. The number of Topliss-reactive ketones (excluding diaryl/α,β-unsaturated/α-hetero) is 1. The van der Waals surface area contributed by atoms with E-state index in [0.29, 0.717) is 24.3 Å². The predicted molar refractivity (Wildman–Crippen MR) is 142 cm³/mol. The van der Waals surface area contributed by atoms with Gasteiger partial charge in [0.2, 0.25) is 24.5 Å². The number of amides is 3. The second-order valence-electron chi connectivity index (χ2n) is 10.0. The van der Waals surface area contributed by atoms with Crippen molar-refractivity contribution >= 4 is 29.2 Å². The summed E-state index contributed by atoms with van der Waals surface area (Å²) < 4.78 is 10.9. The van der Waals surface area contributed by atoms with E-state index in [9.17, 15) is 19.2 Å². The van der Waals surface area contributed by atoms with Gasteiger partial charge in [0.15, 0.2) is 17.3 Å². The fourth-order valence-corrected chi connectivity index (χ4v) is 5.08. The lowest BCUT2D eigenvalue weighted by Gasteiger charge is -2.38.